The summed E-state index contributed by atoms with van der Waals surface area (Å²) >= 11 is 0. The minimum absolute atomic E-state index is 0.00971. The number of carboxylic acids is 1. The lowest BCUT2D eigenvalue weighted by Crippen LogP contribution is -2.45. The van der Waals surface area contributed by atoms with Crippen molar-refractivity contribution in [2.24, 2.45) is 0 Å². The van der Waals surface area contributed by atoms with Crippen LogP contribution in [0.25, 0.3) is 11.5 Å². The van der Waals surface area contributed by atoms with Crippen LogP contribution in [0.15, 0.2) is 77.2 Å². The van der Waals surface area contributed by atoms with E-state index in [1.54, 1.807) is 6.07 Å². The van der Waals surface area contributed by atoms with Gasteiger partial charge in [0.2, 0.25) is 5.89 Å². The fraction of sp³-hybridized carbons (Fsp3) is 0.258. The number of fused-ring (bicyclic) bond motifs is 1. The van der Waals surface area contributed by atoms with Crippen LogP contribution in [0.2, 0.25) is 0 Å². The number of aryl methyl sites for hydroxylation is 1. The molecule has 0 spiro atoms. The lowest BCUT2D eigenvalue weighted by molar-refractivity contribution is -0.144. The minimum atomic E-state index is -0.850. The molecule has 0 saturated heterocycles. The first kappa shape index (κ1) is 25.4. The highest BCUT2D eigenvalue weighted by Crippen LogP contribution is 2.29. The highest BCUT2D eigenvalue weighted by atomic mass is 16.5. The molecule has 38 heavy (non-hydrogen) atoms. The van der Waals surface area contributed by atoms with Crippen LogP contribution < -0.4 is 4.74 Å². The molecule has 2 heterocycles. The average molecular weight is 511 g/mol. The molecule has 1 aromatic heterocycles. The number of carboxylic acid groups (broad SMARTS) is 1. The molecule has 0 radical (unpaired) electrons. The van der Waals surface area contributed by atoms with Crippen molar-refractivity contribution in [2.75, 3.05) is 6.61 Å². The van der Waals surface area contributed by atoms with Gasteiger partial charge in [0.15, 0.2) is 5.78 Å². The molecule has 3 aromatic carbocycles. The predicted molar refractivity (Wildman–Crippen MR) is 143 cm³/mol. The number of aliphatic carboxylic acids is 1. The number of hydrogen-bond acceptors (Lipinski definition) is 6. The summed E-state index contributed by atoms with van der Waals surface area (Å²) in [7, 11) is 0. The minimum Gasteiger partial charge on any atom is -0.493 e. The highest BCUT2D eigenvalue weighted by Gasteiger charge is 2.31. The molecule has 0 unspecified atom stereocenters. The number of Topliss-reactive ketones (excluding diaryl/α,β-unsaturated/α-hetero) is 1. The summed E-state index contributed by atoms with van der Waals surface area (Å²) in [5.74, 6) is 1.26. The number of carbonyl (C=O) groups is 2. The monoisotopic (exact) mass is 510 g/mol. The van der Waals surface area contributed by atoms with Crippen LogP contribution in [-0.4, -0.2) is 39.4 Å². The van der Waals surface area contributed by atoms with Gasteiger partial charge in [0.25, 0.3) is 0 Å². The maximum absolute atomic E-state index is 12.1. The van der Waals surface area contributed by atoms with Gasteiger partial charge < -0.3 is 14.3 Å². The second-order valence-electron chi connectivity index (χ2n) is 9.64. The number of ketones is 1. The smallest absolute Gasteiger partial charge is 0.321 e. The Morgan fingerprint density at radius 2 is 1.87 bits per heavy atom. The number of carbonyl (C=O) groups excluding carboxylic acids is 1. The Labute approximate surface area is 221 Å². The van der Waals surface area contributed by atoms with Crippen molar-refractivity contribution in [3.8, 4) is 17.2 Å². The molecule has 0 aliphatic carbocycles. The maximum Gasteiger partial charge on any atom is 0.321 e. The Morgan fingerprint density at radius 1 is 1.05 bits per heavy atom. The average Bonchev–Trinajstić information content (AvgIpc) is 3.29. The molecule has 0 amide bonds. The summed E-state index contributed by atoms with van der Waals surface area (Å²) in [6.07, 6.45) is 1.02. The van der Waals surface area contributed by atoms with Crippen molar-refractivity contribution in [3.05, 3.63) is 107 Å². The van der Waals surface area contributed by atoms with E-state index in [2.05, 4.69) is 4.98 Å². The zero-order valence-electron chi connectivity index (χ0n) is 21.5. The number of benzene rings is 3. The van der Waals surface area contributed by atoms with Gasteiger partial charge in [-0.15, -0.1) is 0 Å². The Kier molecular flexibility index (Phi) is 7.38. The first-order valence-corrected chi connectivity index (χ1v) is 12.7. The summed E-state index contributed by atoms with van der Waals surface area (Å²) in [5, 5.41) is 9.90. The maximum atomic E-state index is 12.1. The van der Waals surface area contributed by atoms with E-state index in [1.165, 1.54) is 6.92 Å². The van der Waals surface area contributed by atoms with E-state index in [0.29, 0.717) is 44.0 Å². The molecule has 0 saturated carbocycles. The van der Waals surface area contributed by atoms with Gasteiger partial charge in [-0.2, -0.15) is 0 Å². The molecule has 194 valence electrons. The van der Waals surface area contributed by atoms with Crippen LogP contribution in [0, 0.1) is 6.92 Å². The molecule has 7 nitrogen and oxygen atoms in total. The van der Waals surface area contributed by atoms with Crippen LogP contribution in [0.4, 0.5) is 0 Å². The quantitative estimate of drug-likeness (QED) is 0.298. The highest BCUT2D eigenvalue weighted by molar-refractivity contribution is 5.94. The van der Waals surface area contributed by atoms with E-state index in [0.717, 1.165) is 39.5 Å². The Morgan fingerprint density at radius 3 is 2.63 bits per heavy atom. The number of oxazole rings is 1. The van der Waals surface area contributed by atoms with E-state index in [4.69, 9.17) is 9.15 Å². The largest absolute Gasteiger partial charge is 0.493 e. The predicted octanol–water partition coefficient (Wildman–Crippen LogP) is 5.49. The van der Waals surface area contributed by atoms with Crippen LogP contribution in [0.3, 0.4) is 0 Å². The van der Waals surface area contributed by atoms with Crippen molar-refractivity contribution in [1.29, 1.82) is 0 Å². The zero-order chi connectivity index (χ0) is 26.6. The van der Waals surface area contributed by atoms with E-state index < -0.39 is 12.0 Å². The van der Waals surface area contributed by atoms with Crippen molar-refractivity contribution >= 4 is 11.8 Å². The van der Waals surface area contributed by atoms with Crippen LogP contribution in [-0.2, 0) is 30.7 Å². The molecule has 0 bridgehead atoms. The number of hydrogen-bond donors (Lipinski definition) is 1. The normalized spacial score (nSPS) is 15.2. The van der Waals surface area contributed by atoms with Crippen LogP contribution >= 0.6 is 0 Å². The van der Waals surface area contributed by atoms with E-state index >= 15 is 0 Å². The van der Waals surface area contributed by atoms with Gasteiger partial charge in [-0.3, -0.25) is 14.5 Å². The van der Waals surface area contributed by atoms with Crippen molar-refractivity contribution in [2.45, 2.75) is 45.8 Å². The van der Waals surface area contributed by atoms with Crippen molar-refractivity contribution in [1.82, 2.24) is 9.88 Å². The standard InChI is InChI=1S/C31H30N2O5/c1-20(34)24-10-6-7-22(15-24)18-33-19-26-16-27(12-11-25(26)17-29(33)31(35)36)37-14-13-28-21(2)38-30(32-28)23-8-4-3-5-9-23/h3-12,15-16,29H,13-14,17-19H2,1-2H3,(H,35,36)/t29-/m0/s1. The summed E-state index contributed by atoms with van der Waals surface area (Å²) in [6.45, 7) is 4.81. The van der Waals surface area contributed by atoms with Gasteiger partial charge in [-0.25, -0.2) is 4.98 Å². The van der Waals surface area contributed by atoms with Gasteiger partial charge in [0, 0.05) is 30.6 Å². The molecular formula is C31H30N2O5. The Balaban J connectivity index is 1.26. The van der Waals surface area contributed by atoms with E-state index in [1.807, 2.05) is 78.6 Å². The van der Waals surface area contributed by atoms with Gasteiger partial charge in [-0.1, -0.05) is 42.5 Å². The summed E-state index contributed by atoms with van der Waals surface area (Å²) < 4.78 is 11.9. The van der Waals surface area contributed by atoms with Gasteiger partial charge in [-0.05, 0) is 67.3 Å². The van der Waals surface area contributed by atoms with Gasteiger partial charge >= 0.3 is 5.97 Å². The third-order valence-electron chi connectivity index (χ3n) is 6.93. The second-order valence-corrected chi connectivity index (χ2v) is 9.64. The third kappa shape index (κ3) is 5.68. The van der Waals surface area contributed by atoms with Crippen molar-refractivity contribution in [3.63, 3.8) is 0 Å². The molecule has 1 atom stereocenters. The fourth-order valence-corrected chi connectivity index (χ4v) is 4.87. The van der Waals surface area contributed by atoms with E-state index in [-0.39, 0.29) is 5.78 Å². The molecule has 1 aliphatic heterocycles. The first-order chi connectivity index (χ1) is 18.4. The number of rotatable bonds is 9. The lowest BCUT2D eigenvalue weighted by Gasteiger charge is -2.34. The summed E-state index contributed by atoms with van der Waals surface area (Å²) in [6, 6.07) is 22.4. The number of ether oxygens (including phenoxy) is 1. The molecule has 0 fully saturated rings. The Bertz CT molecular complexity index is 1460. The zero-order valence-corrected chi connectivity index (χ0v) is 21.5. The molecular weight excluding hydrogens is 480 g/mol. The molecule has 5 rings (SSSR count). The SMILES string of the molecule is CC(=O)c1cccc(CN2Cc3cc(OCCc4nc(-c5ccccc5)oc4C)ccc3C[C@H]2C(=O)O)c1. The van der Waals surface area contributed by atoms with Gasteiger partial charge in [0.05, 0.1) is 12.3 Å². The topological polar surface area (TPSA) is 92.9 Å². The fourth-order valence-electron chi connectivity index (χ4n) is 4.87. The number of aromatic nitrogens is 1. The van der Waals surface area contributed by atoms with Gasteiger partial charge in [0.1, 0.15) is 17.6 Å². The van der Waals surface area contributed by atoms with Crippen molar-refractivity contribution < 1.29 is 23.8 Å². The first-order valence-electron chi connectivity index (χ1n) is 12.7. The summed E-state index contributed by atoms with van der Waals surface area (Å²) in [5.41, 5.74) is 5.41. The third-order valence-corrected chi connectivity index (χ3v) is 6.93. The van der Waals surface area contributed by atoms with E-state index in [9.17, 15) is 14.7 Å². The molecule has 1 aliphatic rings. The number of nitrogens with zero attached hydrogens (tertiary/aromatic N) is 2. The second kappa shape index (κ2) is 11.0. The molecule has 7 heteroatoms. The lowest BCUT2D eigenvalue weighted by atomic mass is 9.93. The molecule has 1 N–H and O–H groups in total. The van der Waals surface area contributed by atoms with Crippen LogP contribution in [0.1, 0.15) is 45.4 Å². The van der Waals surface area contributed by atoms with Crippen LogP contribution in [0.5, 0.6) is 5.75 Å². The summed E-state index contributed by atoms with van der Waals surface area (Å²) in [4.78, 5) is 30.4. The molecule has 4 aromatic rings. The Hall–Kier alpha value is -4.23.